The van der Waals surface area contributed by atoms with Crippen LogP contribution >= 0.6 is 11.6 Å². The van der Waals surface area contributed by atoms with Crippen LogP contribution in [0.25, 0.3) is 0 Å². The van der Waals surface area contributed by atoms with Gasteiger partial charge in [0.1, 0.15) is 11.8 Å². The van der Waals surface area contributed by atoms with Gasteiger partial charge in [0.05, 0.1) is 16.5 Å². The van der Waals surface area contributed by atoms with Crippen molar-refractivity contribution < 1.29 is 17.9 Å². The number of anilines is 1. The van der Waals surface area contributed by atoms with Crippen molar-refractivity contribution in [2.75, 3.05) is 11.9 Å². The maximum atomic E-state index is 13.2. The Morgan fingerprint density at radius 1 is 1.03 bits per heavy atom. The molecule has 0 aliphatic heterocycles. The van der Waals surface area contributed by atoms with Crippen LogP contribution in [0.15, 0.2) is 71.6 Å². The Morgan fingerprint density at radius 3 is 2.39 bits per heavy atom. The second-order valence-corrected chi connectivity index (χ2v) is 9.82. The highest BCUT2D eigenvalue weighted by atomic mass is 35.5. The van der Waals surface area contributed by atoms with E-state index in [4.69, 9.17) is 16.3 Å². The third-order valence-electron chi connectivity index (χ3n) is 5.05. The number of nitrogens with one attached hydrogen (secondary N) is 2. The summed E-state index contributed by atoms with van der Waals surface area (Å²) in [6.07, 6.45) is 0.182. The minimum absolute atomic E-state index is 0.0478. The molecule has 1 amide bonds. The van der Waals surface area contributed by atoms with Crippen LogP contribution in [0.1, 0.15) is 23.6 Å². The number of carbonyl (C=O) groups is 1. The number of carbonyl (C=O) groups excluding carboxylic acids is 1. The van der Waals surface area contributed by atoms with Crippen molar-refractivity contribution in [2.45, 2.75) is 38.1 Å². The minimum atomic E-state index is -4.04. The molecule has 0 bridgehead atoms. The zero-order valence-electron chi connectivity index (χ0n) is 18.8. The smallest absolute Gasteiger partial charge is 0.242 e. The molecule has 174 valence electrons. The summed E-state index contributed by atoms with van der Waals surface area (Å²) < 4.78 is 34.2. The van der Waals surface area contributed by atoms with Crippen LogP contribution in [0.3, 0.4) is 0 Å². The number of halogens is 1. The molecule has 0 aliphatic carbocycles. The van der Waals surface area contributed by atoms with Crippen molar-refractivity contribution in [2.24, 2.45) is 0 Å². The average Bonchev–Trinajstić information content (AvgIpc) is 2.77. The fourth-order valence-electron chi connectivity index (χ4n) is 3.39. The highest BCUT2D eigenvalue weighted by Crippen LogP contribution is 2.27. The fraction of sp³-hybridized carbons (Fsp3) is 0.240. The predicted octanol–water partition coefficient (Wildman–Crippen LogP) is 4.88. The largest absolute Gasteiger partial charge is 0.492 e. The van der Waals surface area contributed by atoms with Gasteiger partial charge < -0.3 is 10.1 Å². The standard InChI is InChI=1S/C25H27ClN2O4S/c1-4-32-24-13-11-20(16-21(24)26)33(30,31)28-23(15-19-8-6-5-7-9-19)25(29)27-22-12-10-17(2)14-18(22)3/h5-14,16,23,28H,4,15H2,1-3H3,(H,27,29)/t23-/m1/s1. The van der Waals surface area contributed by atoms with Crippen LogP contribution in [-0.2, 0) is 21.2 Å². The molecule has 0 heterocycles. The summed E-state index contributed by atoms with van der Waals surface area (Å²) in [5.74, 6) is -0.0574. The third-order valence-corrected chi connectivity index (χ3v) is 6.81. The molecule has 0 unspecified atom stereocenters. The highest BCUT2D eigenvalue weighted by Gasteiger charge is 2.27. The molecule has 6 nitrogen and oxygen atoms in total. The molecule has 33 heavy (non-hydrogen) atoms. The van der Waals surface area contributed by atoms with Gasteiger partial charge in [0.25, 0.3) is 0 Å². The monoisotopic (exact) mass is 486 g/mol. The fourth-order valence-corrected chi connectivity index (χ4v) is 4.91. The summed E-state index contributed by atoms with van der Waals surface area (Å²) in [6.45, 7) is 6.07. The highest BCUT2D eigenvalue weighted by molar-refractivity contribution is 7.89. The first-order valence-corrected chi connectivity index (χ1v) is 12.4. The number of rotatable bonds is 9. The summed E-state index contributed by atoms with van der Waals surface area (Å²) in [4.78, 5) is 13.1. The second-order valence-electron chi connectivity index (χ2n) is 7.70. The Kier molecular flexibility index (Phi) is 8.13. The quantitative estimate of drug-likeness (QED) is 0.451. The normalized spacial score (nSPS) is 12.2. The van der Waals surface area contributed by atoms with Gasteiger partial charge in [-0.25, -0.2) is 8.42 Å². The average molecular weight is 487 g/mol. The SMILES string of the molecule is CCOc1ccc(S(=O)(=O)N[C@H](Cc2ccccc2)C(=O)Nc2ccc(C)cc2C)cc1Cl. The molecular weight excluding hydrogens is 460 g/mol. The van der Waals surface area contributed by atoms with Gasteiger partial charge in [0.2, 0.25) is 15.9 Å². The number of benzene rings is 3. The first-order valence-electron chi connectivity index (χ1n) is 10.6. The van der Waals surface area contributed by atoms with Gasteiger partial charge in [0, 0.05) is 5.69 Å². The van der Waals surface area contributed by atoms with Gasteiger partial charge in [-0.2, -0.15) is 4.72 Å². The summed E-state index contributed by atoms with van der Waals surface area (Å²) in [6, 6.07) is 18.1. The summed E-state index contributed by atoms with van der Waals surface area (Å²) in [7, 11) is -4.04. The first kappa shape index (κ1) is 24.8. The van der Waals surface area contributed by atoms with Crippen LogP contribution in [-0.4, -0.2) is 27.0 Å². The van der Waals surface area contributed by atoms with E-state index in [0.29, 0.717) is 18.0 Å². The van der Waals surface area contributed by atoms with Gasteiger partial charge in [-0.3, -0.25) is 4.79 Å². The molecule has 0 saturated heterocycles. The third kappa shape index (κ3) is 6.57. The zero-order chi connectivity index (χ0) is 24.0. The molecule has 3 aromatic rings. The van der Waals surface area contributed by atoms with Crippen molar-refractivity contribution in [3.8, 4) is 5.75 Å². The maximum Gasteiger partial charge on any atom is 0.242 e. The zero-order valence-corrected chi connectivity index (χ0v) is 20.3. The van der Waals surface area contributed by atoms with E-state index in [1.165, 1.54) is 18.2 Å². The van der Waals surface area contributed by atoms with Gasteiger partial charge in [0.15, 0.2) is 0 Å². The molecule has 3 aromatic carbocycles. The van der Waals surface area contributed by atoms with E-state index >= 15 is 0 Å². The van der Waals surface area contributed by atoms with Crippen molar-refractivity contribution in [3.63, 3.8) is 0 Å². The van der Waals surface area contributed by atoms with E-state index in [9.17, 15) is 13.2 Å². The van der Waals surface area contributed by atoms with Crippen LogP contribution in [0, 0.1) is 13.8 Å². The van der Waals surface area contributed by atoms with E-state index in [0.717, 1.165) is 16.7 Å². The van der Waals surface area contributed by atoms with Crippen molar-refractivity contribution >= 4 is 33.2 Å². The summed E-state index contributed by atoms with van der Waals surface area (Å²) >= 11 is 6.18. The lowest BCUT2D eigenvalue weighted by Crippen LogP contribution is -2.45. The lowest BCUT2D eigenvalue weighted by Gasteiger charge is -2.20. The molecule has 0 fully saturated rings. The minimum Gasteiger partial charge on any atom is -0.492 e. The lowest BCUT2D eigenvalue weighted by atomic mass is 10.1. The molecule has 2 N–H and O–H groups in total. The van der Waals surface area contributed by atoms with Crippen LogP contribution in [0.4, 0.5) is 5.69 Å². The van der Waals surface area contributed by atoms with Crippen molar-refractivity contribution in [3.05, 3.63) is 88.4 Å². The van der Waals surface area contributed by atoms with Crippen LogP contribution < -0.4 is 14.8 Å². The predicted molar refractivity (Wildman–Crippen MR) is 131 cm³/mol. The Bertz CT molecular complexity index is 1230. The molecular formula is C25H27ClN2O4S. The Labute approximate surface area is 200 Å². The number of aryl methyl sites for hydroxylation is 2. The molecule has 1 atom stereocenters. The topological polar surface area (TPSA) is 84.5 Å². The molecule has 0 aliphatic rings. The first-order chi connectivity index (χ1) is 15.7. The Balaban J connectivity index is 1.88. The Morgan fingerprint density at radius 2 is 1.76 bits per heavy atom. The molecule has 0 saturated carbocycles. The molecule has 0 spiro atoms. The second kappa shape index (κ2) is 10.8. The molecule has 0 aromatic heterocycles. The van der Waals surface area contributed by atoms with Gasteiger partial charge in [-0.15, -0.1) is 0 Å². The Hall–Kier alpha value is -2.87. The number of amides is 1. The maximum absolute atomic E-state index is 13.2. The van der Waals surface area contributed by atoms with E-state index in [2.05, 4.69) is 10.0 Å². The van der Waals surface area contributed by atoms with Crippen LogP contribution in [0.2, 0.25) is 5.02 Å². The van der Waals surface area contributed by atoms with Crippen LogP contribution in [0.5, 0.6) is 5.75 Å². The molecule has 8 heteroatoms. The van der Waals surface area contributed by atoms with E-state index < -0.39 is 22.0 Å². The van der Waals surface area contributed by atoms with Gasteiger partial charge >= 0.3 is 0 Å². The van der Waals surface area contributed by atoms with Gasteiger partial charge in [-0.1, -0.05) is 59.6 Å². The number of hydrogen-bond acceptors (Lipinski definition) is 4. The van der Waals surface area contributed by atoms with Crippen molar-refractivity contribution in [1.82, 2.24) is 4.72 Å². The summed E-state index contributed by atoms with van der Waals surface area (Å²) in [5.41, 5.74) is 3.42. The lowest BCUT2D eigenvalue weighted by molar-refractivity contribution is -0.117. The van der Waals surface area contributed by atoms with E-state index in [1.807, 2.05) is 69.3 Å². The van der Waals surface area contributed by atoms with Crippen molar-refractivity contribution in [1.29, 1.82) is 0 Å². The summed E-state index contributed by atoms with van der Waals surface area (Å²) in [5, 5.41) is 3.04. The number of hydrogen-bond donors (Lipinski definition) is 2. The molecule has 0 radical (unpaired) electrons. The van der Waals surface area contributed by atoms with E-state index in [-0.39, 0.29) is 16.3 Å². The van der Waals surface area contributed by atoms with Gasteiger partial charge in [-0.05, 0) is 62.6 Å². The number of ether oxygens (including phenoxy) is 1. The number of sulfonamides is 1. The van der Waals surface area contributed by atoms with E-state index in [1.54, 1.807) is 0 Å². The molecule has 3 rings (SSSR count).